The Bertz CT molecular complexity index is 1060. The topological polar surface area (TPSA) is 82.4 Å². The monoisotopic (exact) mass is 433 g/mol. The zero-order valence-corrected chi connectivity index (χ0v) is 17.5. The van der Waals surface area contributed by atoms with E-state index in [1.54, 1.807) is 25.4 Å². The van der Waals surface area contributed by atoms with E-state index in [0.717, 1.165) is 16.0 Å². The molecule has 0 spiro atoms. The van der Waals surface area contributed by atoms with Crippen LogP contribution in [0.3, 0.4) is 0 Å². The molecule has 0 aliphatic rings. The number of rotatable bonds is 8. The molecule has 3 rings (SSSR count). The number of carbonyl (C=O) groups is 1. The quantitative estimate of drug-likeness (QED) is 0.549. The molecule has 0 saturated carbocycles. The number of esters is 1. The number of halogens is 1. The Morgan fingerprint density at radius 1 is 1.34 bits per heavy atom. The van der Waals surface area contributed by atoms with Crippen molar-refractivity contribution >= 4 is 28.9 Å². The third kappa shape index (κ3) is 5.58. The Labute approximate surface area is 176 Å². The maximum absolute atomic E-state index is 12.6. The maximum atomic E-state index is 12.6. The molecular weight excluding hydrogens is 414 g/mol. The second-order valence-corrected chi connectivity index (χ2v) is 7.95. The second-order valence-electron chi connectivity index (χ2n) is 6.26. The zero-order valence-electron chi connectivity index (χ0n) is 16.0. The van der Waals surface area contributed by atoms with E-state index in [0.29, 0.717) is 28.9 Å². The summed E-state index contributed by atoms with van der Waals surface area (Å²) in [7, 11) is 1.30. The summed E-state index contributed by atoms with van der Waals surface area (Å²) in [5.41, 5.74) is 4.88. The largest absolute Gasteiger partial charge is 0.488 e. The Morgan fingerprint density at radius 3 is 2.90 bits per heavy atom. The summed E-state index contributed by atoms with van der Waals surface area (Å²) in [4.78, 5) is 29.1. The van der Waals surface area contributed by atoms with Crippen molar-refractivity contribution in [3.05, 3.63) is 79.1 Å². The highest BCUT2D eigenvalue weighted by Crippen LogP contribution is 2.20. The number of ether oxygens (including phenoxy) is 2. The van der Waals surface area contributed by atoms with Gasteiger partial charge < -0.3 is 14.9 Å². The van der Waals surface area contributed by atoms with Crippen LogP contribution in [0.15, 0.2) is 47.5 Å². The Kier molecular flexibility index (Phi) is 6.90. The second kappa shape index (κ2) is 9.58. The molecule has 1 aromatic carbocycles. The average Bonchev–Trinajstić information content (AvgIpc) is 3.14. The first-order valence-electron chi connectivity index (χ1n) is 8.80. The van der Waals surface area contributed by atoms with E-state index >= 15 is 0 Å². The predicted molar refractivity (Wildman–Crippen MR) is 112 cm³/mol. The van der Waals surface area contributed by atoms with Crippen LogP contribution in [-0.2, 0) is 29.1 Å². The predicted octanol–water partition coefficient (Wildman–Crippen LogP) is 3.30. The number of thiazole rings is 1. The van der Waals surface area contributed by atoms with E-state index in [4.69, 9.17) is 16.3 Å². The normalized spacial score (nSPS) is 10.6. The molecule has 7 nitrogen and oxygen atoms in total. The molecule has 0 bridgehead atoms. The minimum absolute atomic E-state index is 0.0609. The van der Waals surface area contributed by atoms with Crippen molar-refractivity contribution in [3.63, 3.8) is 0 Å². The van der Waals surface area contributed by atoms with Gasteiger partial charge in [0, 0.05) is 18.0 Å². The van der Waals surface area contributed by atoms with Gasteiger partial charge in [-0.25, -0.2) is 9.66 Å². The fraction of sp³-hybridized carbons (Fsp3) is 0.250. The highest BCUT2D eigenvalue weighted by molar-refractivity contribution is 7.15. The molecule has 0 unspecified atom stereocenters. The van der Waals surface area contributed by atoms with Crippen molar-refractivity contribution in [1.29, 1.82) is 0 Å². The molecule has 0 saturated heterocycles. The van der Waals surface area contributed by atoms with E-state index in [9.17, 15) is 9.59 Å². The molecule has 0 radical (unpaired) electrons. The highest BCUT2D eigenvalue weighted by Gasteiger charge is 2.12. The molecule has 0 atom stereocenters. The molecule has 2 heterocycles. The molecular formula is C20H20ClN3O4S. The number of pyridine rings is 1. The van der Waals surface area contributed by atoms with Crippen LogP contribution in [0.4, 0.5) is 0 Å². The van der Waals surface area contributed by atoms with Gasteiger partial charge in [0.1, 0.15) is 12.4 Å². The van der Waals surface area contributed by atoms with Crippen molar-refractivity contribution in [2.24, 2.45) is 0 Å². The van der Waals surface area contributed by atoms with Crippen molar-refractivity contribution in [2.45, 2.75) is 26.5 Å². The molecule has 152 valence electrons. The van der Waals surface area contributed by atoms with Gasteiger partial charge in [-0.3, -0.25) is 9.59 Å². The van der Waals surface area contributed by atoms with Gasteiger partial charge in [-0.2, -0.15) is 0 Å². The Balaban J connectivity index is 1.66. The first-order valence-corrected chi connectivity index (χ1v) is 9.99. The van der Waals surface area contributed by atoms with Crippen LogP contribution >= 0.6 is 22.9 Å². The molecule has 1 N–H and O–H groups in total. The van der Waals surface area contributed by atoms with E-state index in [1.165, 1.54) is 23.1 Å². The van der Waals surface area contributed by atoms with Gasteiger partial charge in [-0.05, 0) is 36.2 Å². The molecule has 29 heavy (non-hydrogen) atoms. The number of carbonyl (C=O) groups excluding carboxylic acids is 1. The SMILES string of the molecule is COC(=O)Cc1c(C)ccn(NCc2cccc(OCc3cnc(Cl)s3)c2)c1=O. The number of hydrogen-bond acceptors (Lipinski definition) is 7. The summed E-state index contributed by atoms with van der Waals surface area (Å²) < 4.78 is 12.3. The lowest BCUT2D eigenvalue weighted by atomic mass is 10.1. The molecule has 0 fully saturated rings. The Morgan fingerprint density at radius 2 is 2.17 bits per heavy atom. The summed E-state index contributed by atoms with van der Waals surface area (Å²) in [6.07, 6.45) is 3.27. The number of nitrogens with one attached hydrogen (secondary N) is 1. The van der Waals surface area contributed by atoms with Gasteiger partial charge in [0.15, 0.2) is 4.47 Å². The average molecular weight is 434 g/mol. The summed E-state index contributed by atoms with van der Waals surface area (Å²) in [5.74, 6) is 0.256. The maximum Gasteiger partial charge on any atom is 0.310 e. The first-order chi connectivity index (χ1) is 14.0. The van der Waals surface area contributed by atoms with E-state index in [1.807, 2.05) is 24.3 Å². The molecule has 2 aromatic heterocycles. The van der Waals surface area contributed by atoms with Crippen LogP contribution < -0.4 is 15.7 Å². The molecule has 0 amide bonds. The third-order valence-corrected chi connectivity index (χ3v) is 5.32. The number of aromatic nitrogens is 2. The fourth-order valence-corrected chi connectivity index (χ4v) is 3.54. The number of hydrogen-bond donors (Lipinski definition) is 1. The number of methoxy groups -OCH3 is 1. The number of aryl methyl sites for hydroxylation is 1. The molecule has 0 aliphatic carbocycles. The van der Waals surface area contributed by atoms with Gasteiger partial charge in [0.05, 0.1) is 25.0 Å². The standard InChI is InChI=1S/C20H20ClN3O4S/c1-13-6-7-24(19(26)17(13)9-18(25)27-2)23-10-14-4-3-5-15(8-14)28-12-16-11-22-20(21)29-16/h3-8,11,23H,9-10,12H2,1-2H3. The highest BCUT2D eigenvalue weighted by atomic mass is 35.5. The summed E-state index contributed by atoms with van der Waals surface area (Å²) in [6.45, 7) is 2.58. The number of nitrogens with zero attached hydrogens (tertiary/aromatic N) is 2. The van der Waals surface area contributed by atoms with Crippen LogP contribution in [0.1, 0.15) is 21.6 Å². The van der Waals surface area contributed by atoms with Gasteiger partial charge >= 0.3 is 5.97 Å². The molecule has 9 heteroatoms. The summed E-state index contributed by atoms with van der Waals surface area (Å²) in [5, 5.41) is 0. The van der Waals surface area contributed by atoms with Crippen LogP contribution in [0.2, 0.25) is 4.47 Å². The fourth-order valence-electron chi connectivity index (χ4n) is 2.65. The molecule has 0 aliphatic heterocycles. The smallest absolute Gasteiger partial charge is 0.310 e. The van der Waals surface area contributed by atoms with Crippen LogP contribution in [0.25, 0.3) is 0 Å². The van der Waals surface area contributed by atoms with Crippen LogP contribution in [0.5, 0.6) is 5.75 Å². The zero-order chi connectivity index (χ0) is 20.8. The van der Waals surface area contributed by atoms with Gasteiger partial charge in [-0.15, -0.1) is 11.3 Å². The third-order valence-electron chi connectivity index (χ3n) is 4.23. The number of benzene rings is 1. The minimum atomic E-state index is -0.449. The molecule has 3 aromatic rings. The lowest BCUT2D eigenvalue weighted by molar-refractivity contribution is -0.139. The Hall–Kier alpha value is -2.84. The minimum Gasteiger partial charge on any atom is -0.488 e. The van der Waals surface area contributed by atoms with Crippen molar-refractivity contribution in [1.82, 2.24) is 9.66 Å². The van der Waals surface area contributed by atoms with Crippen LogP contribution in [0, 0.1) is 6.92 Å². The van der Waals surface area contributed by atoms with Crippen LogP contribution in [-0.4, -0.2) is 22.7 Å². The van der Waals surface area contributed by atoms with Gasteiger partial charge in [0.2, 0.25) is 0 Å². The van der Waals surface area contributed by atoms with Crippen molar-refractivity contribution in [2.75, 3.05) is 12.5 Å². The lowest BCUT2D eigenvalue weighted by Gasteiger charge is -2.13. The van der Waals surface area contributed by atoms with E-state index in [2.05, 4.69) is 15.1 Å². The van der Waals surface area contributed by atoms with Gasteiger partial charge in [-0.1, -0.05) is 23.7 Å². The van der Waals surface area contributed by atoms with E-state index in [-0.39, 0.29) is 12.0 Å². The summed E-state index contributed by atoms with van der Waals surface area (Å²) >= 11 is 7.20. The van der Waals surface area contributed by atoms with Crippen molar-refractivity contribution in [3.8, 4) is 5.75 Å². The first kappa shape index (κ1) is 20.9. The van der Waals surface area contributed by atoms with E-state index < -0.39 is 5.97 Å². The van der Waals surface area contributed by atoms with Gasteiger partial charge in [0.25, 0.3) is 5.56 Å². The summed E-state index contributed by atoms with van der Waals surface area (Å²) in [6, 6.07) is 9.35. The van der Waals surface area contributed by atoms with Crippen molar-refractivity contribution < 1.29 is 14.3 Å². The lowest BCUT2D eigenvalue weighted by Crippen LogP contribution is -2.32.